The molecule has 0 saturated heterocycles. The molecule has 0 radical (unpaired) electrons. The highest BCUT2D eigenvalue weighted by Gasteiger charge is 2.42. The van der Waals surface area contributed by atoms with E-state index in [1.165, 1.54) is 43.1 Å². The molecule has 2 N–H and O–H groups in total. The zero-order chi connectivity index (χ0) is 27.5. The Kier molecular flexibility index (Phi) is 11.6. The number of ketones is 1. The van der Waals surface area contributed by atoms with Crippen LogP contribution < -0.4 is 9.47 Å². The first-order chi connectivity index (χ1) is 18.3. The Bertz CT molecular complexity index is 1040. The van der Waals surface area contributed by atoms with Gasteiger partial charge in [-0.15, -0.1) is 11.8 Å². The topological polar surface area (TPSA) is 129 Å². The summed E-state index contributed by atoms with van der Waals surface area (Å²) in [5.41, 5.74) is 0.352. The van der Waals surface area contributed by atoms with E-state index in [4.69, 9.17) is 14.2 Å². The first-order valence-electron chi connectivity index (χ1n) is 12.5. The standard InChI is InChI=1S/C28H34O9S/c1-3-25(28(33)37-21-11-9-18(10-12-21)27(32)34-2)38-14-13-22-23(30)15-24(31)26(22)36-17-19(29)16-35-20-7-5-4-6-8-20/h4-12,19,22,24-26,29,31H,3,13-17H2,1-2H3/t19?,22-,24+,25+,26?/m0/s1. The van der Waals surface area contributed by atoms with Crippen LogP contribution in [0.2, 0.25) is 0 Å². The second-order valence-electron chi connectivity index (χ2n) is 8.91. The molecule has 0 aromatic heterocycles. The average molecular weight is 547 g/mol. The molecule has 1 aliphatic carbocycles. The average Bonchev–Trinajstić information content (AvgIpc) is 3.20. The number of esters is 2. The van der Waals surface area contributed by atoms with Gasteiger partial charge in [0.2, 0.25) is 0 Å². The predicted octanol–water partition coefficient (Wildman–Crippen LogP) is 3.06. The van der Waals surface area contributed by atoms with E-state index in [1.807, 2.05) is 25.1 Å². The highest BCUT2D eigenvalue weighted by Crippen LogP contribution is 2.31. The smallest absolute Gasteiger partial charge is 0.337 e. The van der Waals surface area contributed by atoms with Gasteiger partial charge in [0.15, 0.2) is 0 Å². The van der Waals surface area contributed by atoms with Crippen LogP contribution in [0, 0.1) is 5.92 Å². The van der Waals surface area contributed by atoms with Gasteiger partial charge in [0, 0.05) is 12.3 Å². The third-order valence-corrected chi connectivity index (χ3v) is 7.54. The fourth-order valence-electron chi connectivity index (χ4n) is 4.11. The van der Waals surface area contributed by atoms with Crippen molar-refractivity contribution in [2.75, 3.05) is 26.1 Å². The van der Waals surface area contributed by atoms with Crippen molar-refractivity contribution in [3.05, 3.63) is 60.2 Å². The van der Waals surface area contributed by atoms with Gasteiger partial charge in [0.1, 0.15) is 35.2 Å². The van der Waals surface area contributed by atoms with Crippen LogP contribution in [-0.4, -0.2) is 77.6 Å². The zero-order valence-corrected chi connectivity index (χ0v) is 22.3. The summed E-state index contributed by atoms with van der Waals surface area (Å²) in [7, 11) is 1.29. The lowest BCUT2D eigenvalue weighted by molar-refractivity contribution is -0.133. The monoisotopic (exact) mass is 546 g/mol. The van der Waals surface area contributed by atoms with Crippen LogP contribution in [0.5, 0.6) is 11.5 Å². The van der Waals surface area contributed by atoms with Gasteiger partial charge < -0.3 is 29.2 Å². The summed E-state index contributed by atoms with van der Waals surface area (Å²) in [6, 6.07) is 15.2. The molecule has 2 aromatic rings. The lowest BCUT2D eigenvalue weighted by atomic mass is 10.0. The van der Waals surface area contributed by atoms with Gasteiger partial charge in [-0.1, -0.05) is 25.1 Å². The number of carbonyl (C=O) groups is 3. The van der Waals surface area contributed by atoms with Crippen LogP contribution in [0.4, 0.5) is 0 Å². The van der Waals surface area contributed by atoms with Crippen molar-refractivity contribution < 1.29 is 43.5 Å². The molecule has 0 aliphatic heterocycles. The third-order valence-electron chi connectivity index (χ3n) is 6.14. The minimum absolute atomic E-state index is 0.00255. The maximum absolute atomic E-state index is 12.7. The lowest BCUT2D eigenvalue weighted by Crippen LogP contribution is -2.35. The highest BCUT2D eigenvalue weighted by atomic mass is 32.2. The molecule has 10 heteroatoms. The maximum atomic E-state index is 12.7. The summed E-state index contributed by atoms with van der Waals surface area (Å²) >= 11 is 1.38. The van der Waals surface area contributed by atoms with E-state index in [-0.39, 0.29) is 25.4 Å². The molecule has 1 saturated carbocycles. The third kappa shape index (κ3) is 8.56. The molecule has 5 atom stereocenters. The number of rotatable bonds is 14. The van der Waals surface area contributed by atoms with Gasteiger partial charge in [-0.25, -0.2) is 4.79 Å². The molecule has 3 rings (SSSR count). The Labute approximate surface area is 226 Å². The SMILES string of the molecule is CC[C@@H](SCC[C@H]1C(=O)C[C@@H](O)C1OCC(O)COc1ccccc1)C(=O)Oc1ccc(C(=O)OC)cc1. The summed E-state index contributed by atoms with van der Waals surface area (Å²) in [5, 5.41) is 20.1. The van der Waals surface area contributed by atoms with Gasteiger partial charge in [0.25, 0.3) is 0 Å². The molecule has 2 aromatic carbocycles. The largest absolute Gasteiger partial charge is 0.491 e. The minimum atomic E-state index is -0.945. The van der Waals surface area contributed by atoms with E-state index < -0.39 is 41.4 Å². The number of benzene rings is 2. The van der Waals surface area contributed by atoms with Crippen LogP contribution in [-0.2, 0) is 19.1 Å². The Hall–Kier alpha value is -2.92. The van der Waals surface area contributed by atoms with Gasteiger partial charge in [-0.05, 0) is 55.0 Å². The summed E-state index contributed by atoms with van der Waals surface area (Å²) in [6.07, 6.45) is -1.65. The van der Waals surface area contributed by atoms with E-state index >= 15 is 0 Å². The number of hydrogen-bond acceptors (Lipinski definition) is 10. The van der Waals surface area contributed by atoms with Gasteiger partial charge in [-0.2, -0.15) is 0 Å². The molecule has 38 heavy (non-hydrogen) atoms. The molecular formula is C28H34O9S. The predicted molar refractivity (Wildman–Crippen MR) is 141 cm³/mol. The minimum Gasteiger partial charge on any atom is -0.491 e. The molecule has 1 fully saturated rings. The van der Waals surface area contributed by atoms with Crippen LogP contribution in [0.25, 0.3) is 0 Å². The Balaban J connectivity index is 1.45. The summed E-state index contributed by atoms with van der Waals surface area (Å²) < 4.78 is 21.4. The van der Waals surface area contributed by atoms with Crippen molar-refractivity contribution in [2.24, 2.45) is 5.92 Å². The molecule has 2 unspecified atom stereocenters. The van der Waals surface area contributed by atoms with Crippen LogP contribution in [0.1, 0.15) is 36.5 Å². The van der Waals surface area contributed by atoms with Crippen molar-refractivity contribution in [1.82, 2.24) is 0 Å². The number of ether oxygens (including phenoxy) is 4. The number of thioether (sulfide) groups is 1. The number of Topliss-reactive ketones (excluding diaryl/α,β-unsaturated/α-hetero) is 1. The Morgan fingerprint density at radius 1 is 1.05 bits per heavy atom. The first-order valence-corrected chi connectivity index (χ1v) is 13.6. The Morgan fingerprint density at radius 3 is 2.42 bits per heavy atom. The van der Waals surface area contributed by atoms with E-state index in [9.17, 15) is 24.6 Å². The fraction of sp³-hybridized carbons (Fsp3) is 0.464. The van der Waals surface area contributed by atoms with Crippen LogP contribution >= 0.6 is 11.8 Å². The van der Waals surface area contributed by atoms with Crippen molar-refractivity contribution in [3.63, 3.8) is 0 Å². The second kappa shape index (κ2) is 14.9. The normalized spacial score (nSPS) is 20.5. The molecule has 0 heterocycles. The second-order valence-corrected chi connectivity index (χ2v) is 10.2. The van der Waals surface area contributed by atoms with Crippen molar-refractivity contribution in [3.8, 4) is 11.5 Å². The lowest BCUT2D eigenvalue weighted by Gasteiger charge is -2.23. The van der Waals surface area contributed by atoms with Crippen LogP contribution in [0.15, 0.2) is 54.6 Å². The summed E-state index contributed by atoms with van der Waals surface area (Å²) in [4.78, 5) is 36.7. The molecule has 1 aliphatic rings. The summed E-state index contributed by atoms with van der Waals surface area (Å²) in [5.74, 6) is -0.0982. The molecule has 0 spiro atoms. The van der Waals surface area contributed by atoms with E-state index in [0.717, 1.165) is 0 Å². The maximum Gasteiger partial charge on any atom is 0.337 e. The Morgan fingerprint density at radius 2 is 1.76 bits per heavy atom. The number of hydrogen-bond donors (Lipinski definition) is 2. The summed E-state index contributed by atoms with van der Waals surface area (Å²) in [6.45, 7) is 1.81. The number of methoxy groups -OCH3 is 1. The molecule has 0 bridgehead atoms. The van der Waals surface area contributed by atoms with Crippen molar-refractivity contribution >= 4 is 29.5 Å². The van der Waals surface area contributed by atoms with E-state index in [0.29, 0.717) is 35.7 Å². The van der Waals surface area contributed by atoms with E-state index in [1.54, 1.807) is 12.1 Å². The fourth-order valence-corrected chi connectivity index (χ4v) is 5.20. The number of aliphatic hydroxyl groups excluding tert-OH is 2. The molecule has 206 valence electrons. The highest BCUT2D eigenvalue weighted by molar-refractivity contribution is 8.00. The van der Waals surface area contributed by atoms with Gasteiger partial charge in [0.05, 0.1) is 31.5 Å². The number of carbonyl (C=O) groups excluding carboxylic acids is 3. The zero-order valence-electron chi connectivity index (χ0n) is 21.5. The van der Waals surface area contributed by atoms with Crippen molar-refractivity contribution in [1.29, 1.82) is 0 Å². The first kappa shape index (κ1) is 29.6. The van der Waals surface area contributed by atoms with Gasteiger partial charge in [-0.3, -0.25) is 9.59 Å². The number of para-hydroxylation sites is 1. The molecule has 0 amide bonds. The van der Waals surface area contributed by atoms with E-state index in [2.05, 4.69) is 4.74 Å². The van der Waals surface area contributed by atoms with Crippen LogP contribution in [0.3, 0.4) is 0 Å². The van der Waals surface area contributed by atoms with Gasteiger partial charge >= 0.3 is 11.9 Å². The molecular weight excluding hydrogens is 512 g/mol. The van der Waals surface area contributed by atoms with Crippen molar-refractivity contribution in [2.45, 2.75) is 49.7 Å². The quantitative estimate of drug-likeness (QED) is 0.269. The number of aliphatic hydroxyl groups is 2. The molecule has 9 nitrogen and oxygen atoms in total.